The maximum Gasteiger partial charge on any atom is 0.301 e. The van der Waals surface area contributed by atoms with Crippen molar-refractivity contribution in [3.63, 3.8) is 0 Å². The van der Waals surface area contributed by atoms with Gasteiger partial charge in [0, 0.05) is 13.2 Å². The van der Waals surface area contributed by atoms with E-state index in [4.69, 9.17) is 18.2 Å². The Morgan fingerprint density at radius 2 is 0.911 bits per heavy atom. The van der Waals surface area contributed by atoms with Crippen molar-refractivity contribution in [2.45, 2.75) is 174 Å². The van der Waals surface area contributed by atoms with E-state index in [0.717, 1.165) is 32.1 Å². The topological polar surface area (TPSA) is 65.0 Å². The predicted molar refractivity (Wildman–Crippen MR) is 196 cm³/mol. The SMILES string of the molecule is CCCCC/C=C\C/C=C\CCCCCCCCOCC(COS(=O)O)OCCCCCCCC/C=C\C/C=C\CCCCC. The Morgan fingerprint density at radius 1 is 0.511 bits per heavy atom. The average Bonchev–Trinajstić information content (AvgIpc) is 3.04. The lowest BCUT2D eigenvalue weighted by atomic mass is 10.1. The highest BCUT2D eigenvalue weighted by Crippen LogP contribution is 2.11. The van der Waals surface area contributed by atoms with Gasteiger partial charge in [0.25, 0.3) is 0 Å². The van der Waals surface area contributed by atoms with Gasteiger partial charge in [-0.3, -0.25) is 8.74 Å². The summed E-state index contributed by atoms with van der Waals surface area (Å²) in [5.74, 6) is 0. The normalized spacial score (nSPS) is 13.8. The monoisotopic (exact) mass is 653 g/mol. The minimum Gasteiger partial charge on any atom is -0.379 e. The van der Waals surface area contributed by atoms with E-state index in [1.165, 1.54) is 122 Å². The van der Waals surface area contributed by atoms with Crippen LogP contribution in [-0.2, 0) is 25.0 Å². The first-order valence-corrected chi connectivity index (χ1v) is 19.8. The molecule has 2 unspecified atom stereocenters. The number of unbranched alkanes of at least 4 members (excludes halogenated alkanes) is 18. The molecule has 0 saturated heterocycles. The molecule has 0 fully saturated rings. The molecule has 1 N–H and O–H groups in total. The molecule has 0 bridgehead atoms. The van der Waals surface area contributed by atoms with E-state index < -0.39 is 11.4 Å². The van der Waals surface area contributed by atoms with E-state index >= 15 is 0 Å². The fraction of sp³-hybridized carbons (Fsp3) is 0.795. The molecule has 0 aromatic rings. The standard InChI is InChI=1S/C39H72O5S/c1-3-5-7-9-11-13-15-17-19-21-23-25-27-29-31-33-35-42-37-39(38-44-45(40)41)43-36-34-32-30-28-26-24-22-20-18-16-14-12-10-8-6-4-2/h11-14,17-20,39H,3-10,15-16,21-38H2,1-2H3,(H,40,41)/b13-11-,14-12-,19-17-,20-18-. The van der Waals surface area contributed by atoms with Crippen LogP contribution in [0.1, 0.15) is 168 Å². The van der Waals surface area contributed by atoms with E-state index in [2.05, 4.69) is 62.5 Å². The summed E-state index contributed by atoms with van der Waals surface area (Å²) in [7, 11) is 0. The van der Waals surface area contributed by atoms with Crippen LogP contribution in [0.15, 0.2) is 48.6 Å². The Kier molecular flexibility index (Phi) is 38.2. The summed E-state index contributed by atoms with van der Waals surface area (Å²) >= 11 is -2.28. The number of allylic oxidation sites excluding steroid dienone is 8. The third-order valence-corrected chi connectivity index (χ3v) is 8.18. The van der Waals surface area contributed by atoms with Crippen molar-refractivity contribution in [1.82, 2.24) is 0 Å². The lowest BCUT2D eigenvalue weighted by molar-refractivity contribution is -0.0381. The third kappa shape index (κ3) is 39.0. The van der Waals surface area contributed by atoms with Crippen LogP contribution >= 0.6 is 0 Å². The zero-order chi connectivity index (χ0) is 32.7. The molecular weight excluding hydrogens is 580 g/mol. The van der Waals surface area contributed by atoms with Gasteiger partial charge in [0.15, 0.2) is 0 Å². The molecule has 0 aliphatic carbocycles. The Balaban J connectivity index is 3.66. The molecule has 0 aliphatic heterocycles. The summed E-state index contributed by atoms with van der Waals surface area (Å²) in [6, 6.07) is 0. The van der Waals surface area contributed by atoms with Gasteiger partial charge in [0.05, 0.1) is 13.2 Å². The van der Waals surface area contributed by atoms with Crippen molar-refractivity contribution in [3.8, 4) is 0 Å². The molecular formula is C39H72O5S. The molecule has 0 rings (SSSR count). The minimum atomic E-state index is -2.28. The molecule has 0 amide bonds. The van der Waals surface area contributed by atoms with Crippen molar-refractivity contribution in [1.29, 1.82) is 0 Å². The molecule has 0 aromatic carbocycles. The number of hydrogen-bond acceptors (Lipinski definition) is 4. The molecule has 5 nitrogen and oxygen atoms in total. The summed E-state index contributed by atoms with van der Waals surface area (Å²) in [6.45, 7) is 6.31. The van der Waals surface area contributed by atoms with Crippen LogP contribution in [0.25, 0.3) is 0 Å². The van der Waals surface area contributed by atoms with Gasteiger partial charge >= 0.3 is 11.4 Å². The second kappa shape index (κ2) is 39.1. The van der Waals surface area contributed by atoms with Gasteiger partial charge in [0.2, 0.25) is 0 Å². The molecule has 0 heterocycles. The number of hydrogen-bond donors (Lipinski definition) is 1. The molecule has 0 aliphatic rings. The average molecular weight is 653 g/mol. The Hall–Kier alpha value is -1.05. The van der Waals surface area contributed by atoms with Crippen LogP contribution < -0.4 is 0 Å². The fourth-order valence-corrected chi connectivity index (χ4v) is 5.29. The van der Waals surface area contributed by atoms with Crippen molar-refractivity contribution in [2.24, 2.45) is 0 Å². The van der Waals surface area contributed by atoms with Crippen LogP contribution in [0.4, 0.5) is 0 Å². The van der Waals surface area contributed by atoms with Gasteiger partial charge in [-0.25, -0.2) is 0 Å². The van der Waals surface area contributed by atoms with Crippen molar-refractivity contribution in [2.75, 3.05) is 26.4 Å². The van der Waals surface area contributed by atoms with Gasteiger partial charge in [0.1, 0.15) is 6.10 Å². The van der Waals surface area contributed by atoms with Crippen LogP contribution in [0.3, 0.4) is 0 Å². The van der Waals surface area contributed by atoms with E-state index in [1.54, 1.807) is 0 Å². The summed E-state index contributed by atoms with van der Waals surface area (Å²) < 4.78 is 36.6. The highest BCUT2D eigenvalue weighted by molar-refractivity contribution is 7.74. The van der Waals surface area contributed by atoms with Crippen molar-refractivity contribution in [3.05, 3.63) is 48.6 Å². The first kappa shape index (κ1) is 43.9. The van der Waals surface area contributed by atoms with Crippen LogP contribution in [0.2, 0.25) is 0 Å². The van der Waals surface area contributed by atoms with E-state index in [0.29, 0.717) is 19.8 Å². The maximum absolute atomic E-state index is 11.0. The van der Waals surface area contributed by atoms with Gasteiger partial charge in [-0.15, -0.1) is 0 Å². The van der Waals surface area contributed by atoms with Gasteiger partial charge in [-0.1, -0.05) is 140 Å². The quantitative estimate of drug-likeness (QED) is 0.0414. The molecule has 6 heteroatoms. The van der Waals surface area contributed by atoms with Gasteiger partial charge in [-0.2, -0.15) is 4.21 Å². The van der Waals surface area contributed by atoms with Gasteiger partial charge in [-0.05, 0) is 77.0 Å². The maximum atomic E-state index is 11.0. The summed E-state index contributed by atoms with van der Waals surface area (Å²) in [4.78, 5) is 0. The molecule has 264 valence electrons. The third-order valence-electron chi connectivity index (χ3n) is 7.85. The zero-order valence-corrected chi connectivity index (χ0v) is 30.3. The molecule has 0 aromatic heterocycles. The summed E-state index contributed by atoms with van der Waals surface area (Å²) in [5, 5.41) is 0. The van der Waals surface area contributed by atoms with E-state index in [-0.39, 0.29) is 12.7 Å². The van der Waals surface area contributed by atoms with Crippen LogP contribution in [0.5, 0.6) is 0 Å². The minimum absolute atomic E-state index is 0.0783. The number of ether oxygens (including phenoxy) is 2. The predicted octanol–water partition coefficient (Wildman–Crippen LogP) is 12.2. The number of rotatable bonds is 36. The summed E-state index contributed by atoms with van der Waals surface area (Å²) in [5.41, 5.74) is 0. The molecule has 0 spiro atoms. The smallest absolute Gasteiger partial charge is 0.301 e. The Morgan fingerprint density at radius 3 is 1.36 bits per heavy atom. The van der Waals surface area contributed by atoms with Crippen molar-refractivity contribution < 1.29 is 22.4 Å². The highest BCUT2D eigenvalue weighted by atomic mass is 32.2. The second-order valence-electron chi connectivity index (χ2n) is 12.2. The van der Waals surface area contributed by atoms with Crippen molar-refractivity contribution >= 4 is 11.4 Å². The molecule has 45 heavy (non-hydrogen) atoms. The first-order valence-electron chi connectivity index (χ1n) is 18.7. The van der Waals surface area contributed by atoms with E-state index in [1.807, 2.05) is 0 Å². The lowest BCUT2D eigenvalue weighted by Crippen LogP contribution is -2.27. The van der Waals surface area contributed by atoms with Crippen LogP contribution in [-0.4, -0.2) is 41.3 Å². The second-order valence-corrected chi connectivity index (χ2v) is 12.9. The largest absolute Gasteiger partial charge is 0.379 e. The first-order chi connectivity index (χ1) is 22.2. The lowest BCUT2D eigenvalue weighted by Gasteiger charge is -2.17. The summed E-state index contributed by atoms with van der Waals surface area (Å²) in [6.07, 6.45) is 47.5. The Bertz CT molecular complexity index is 718. The highest BCUT2D eigenvalue weighted by Gasteiger charge is 2.12. The van der Waals surface area contributed by atoms with E-state index in [9.17, 15) is 4.21 Å². The molecule has 0 radical (unpaired) electrons. The fourth-order valence-electron chi connectivity index (χ4n) is 5.03. The van der Waals surface area contributed by atoms with Gasteiger partial charge < -0.3 is 9.47 Å². The molecule has 2 atom stereocenters. The Labute approximate surface area is 282 Å². The zero-order valence-electron chi connectivity index (χ0n) is 29.5. The molecule has 0 saturated carbocycles. The van der Waals surface area contributed by atoms with Crippen LogP contribution in [0, 0.1) is 0 Å².